The van der Waals surface area contributed by atoms with Crippen molar-refractivity contribution in [1.29, 1.82) is 0 Å². The summed E-state index contributed by atoms with van der Waals surface area (Å²) >= 11 is 0. The van der Waals surface area contributed by atoms with Crippen LogP contribution in [-0.4, -0.2) is 111 Å². The number of alkyl carbamates (subject to hydrolysis) is 1. The zero-order valence-electron chi connectivity index (χ0n) is 41.6. The first-order valence-corrected chi connectivity index (χ1v) is 23.8. The van der Waals surface area contributed by atoms with Gasteiger partial charge in [0.2, 0.25) is 0 Å². The molecule has 14 heteroatoms. The lowest BCUT2D eigenvalue weighted by atomic mass is 9.73. The lowest BCUT2D eigenvalue weighted by molar-refractivity contribution is -0.297. The van der Waals surface area contributed by atoms with Gasteiger partial charge in [-0.2, -0.15) is 0 Å². The molecule has 0 spiro atoms. The molecule has 6 rings (SSSR count). The molecule has 0 aliphatic carbocycles. The largest absolute Gasteiger partial charge is 0.507 e. The second kappa shape index (κ2) is 20.5. The molecule has 3 fully saturated rings. The molecule has 0 saturated carbocycles. The first-order chi connectivity index (χ1) is 31.4. The quantitative estimate of drug-likeness (QED) is 0.132. The summed E-state index contributed by atoms with van der Waals surface area (Å²) in [6, 6.07) is 12.4. The smallest absolute Gasteiger partial charge is 0.408 e. The number of cyclic esters (lactones) is 1. The number of carbonyl (C=O) groups excluding carboxylic acids is 4. The lowest BCUT2D eigenvalue weighted by Gasteiger charge is -2.47. The molecule has 4 heterocycles. The van der Waals surface area contributed by atoms with Crippen molar-refractivity contribution >= 4 is 40.6 Å². The number of ether oxygens (including phenoxy) is 5. The maximum absolute atomic E-state index is 14.8. The van der Waals surface area contributed by atoms with Crippen LogP contribution in [0, 0.1) is 30.6 Å². The van der Waals surface area contributed by atoms with E-state index in [2.05, 4.69) is 31.1 Å². The Kier molecular flexibility index (Phi) is 15.8. The number of aromatic hydroxyl groups is 1. The summed E-state index contributed by atoms with van der Waals surface area (Å²) in [5.41, 5.74) is 1.10. The highest BCUT2D eigenvalue weighted by Crippen LogP contribution is 2.41. The molecule has 14 nitrogen and oxygen atoms in total. The van der Waals surface area contributed by atoms with Gasteiger partial charge in [-0.05, 0) is 89.6 Å². The van der Waals surface area contributed by atoms with Crippen molar-refractivity contribution in [2.24, 2.45) is 23.7 Å². The summed E-state index contributed by atoms with van der Waals surface area (Å²) in [5, 5.41) is 27.5. The van der Waals surface area contributed by atoms with Gasteiger partial charge in [0.15, 0.2) is 17.7 Å². The van der Waals surface area contributed by atoms with Gasteiger partial charge in [0, 0.05) is 47.5 Å². The molecule has 1 amide bonds. The van der Waals surface area contributed by atoms with Crippen LogP contribution in [0.15, 0.2) is 54.7 Å². The molecular formula is C53H73N3O11. The summed E-state index contributed by atoms with van der Waals surface area (Å²) in [7, 11) is 1.88. The van der Waals surface area contributed by atoms with Gasteiger partial charge in [-0.25, -0.2) is 4.79 Å². The van der Waals surface area contributed by atoms with Gasteiger partial charge in [0.25, 0.3) is 0 Å². The molecule has 67 heavy (non-hydrogen) atoms. The fourth-order valence-corrected chi connectivity index (χ4v) is 10.6. The molecule has 3 aliphatic rings. The number of nitrogens with zero attached hydrogens (tertiary/aromatic N) is 2. The second-order valence-electron chi connectivity index (χ2n) is 20.9. The molecule has 1 unspecified atom stereocenters. The molecular weight excluding hydrogens is 855 g/mol. The van der Waals surface area contributed by atoms with Gasteiger partial charge >= 0.3 is 12.1 Å². The Balaban J connectivity index is 1.38. The molecule has 2 aromatic carbocycles. The Bertz CT molecular complexity index is 2330. The number of fused-ring (bicyclic) bond motifs is 2. The number of likely N-dealkylation sites (N-methyl/N-ethyl adjacent to an activating group) is 1. The van der Waals surface area contributed by atoms with E-state index in [4.69, 9.17) is 23.7 Å². The monoisotopic (exact) mass is 928 g/mol. The number of Topliss-reactive ketones (excluding diaryl/α,β-unsaturated/α-hetero) is 2. The van der Waals surface area contributed by atoms with E-state index in [-0.39, 0.29) is 36.4 Å². The van der Waals surface area contributed by atoms with Gasteiger partial charge in [-0.15, -0.1) is 0 Å². The van der Waals surface area contributed by atoms with Crippen LogP contribution in [0.25, 0.3) is 17.0 Å². The number of rotatable bonds is 10. The SMILES string of the molecule is CC[C@H]1OC(=O)[C@H](C)C(=O)[C@H](C)[C@@H](OC2O[C@H](C)C[C@H](N(C)Cc3cc(C)cc(C(C)(C)C)c3O)[C@H]2O)[C@@](C)(OC/C=C/c2cnc3ccccc3c2)C[C@@H](C)C(=O)[C@H](C)[C@H]2NC(=O)O[C@@]21C. The number of phenols is 1. The third-order valence-corrected chi connectivity index (χ3v) is 14.4. The Labute approximate surface area is 396 Å². The van der Waals surface area contributed by atoms with Crippen molar-refractivity contribution < 1.29 is 53.1 Å². The number of aryl methyl sites for hydroxylation is 1. The highest BCUT2D eigenvalue weighted by molar-refractivity contribution is 6.00. The molecule has 366 valence electrons. The van der Waals surface area contributed by atoms with Crippen molar-refractivity contribution in [1.82, 2.24) is 15.2 Å². The molecule has 3 N–H and O–H groups in total. The van der Waals surface area contributed by atoms with Crippen LogP contribution in [0.3, 0.4) is 0 Å². The molecule has 1 aromatic heterocycles. The average Bonchev–Trinajstić information content (AvgIpc) is 3.59. The van der Waals surface area contributed by atoms with Crippen LogP contribution in [0.1, 0.15) is 118 Å². The number of nitrogens with one attached hydrogen (secondary N) is 1. The number of benzene rings is 2. The van der Waals surface area contributed by atoms with Crippen molar-refractivity contribution in [3.63, 3.8) is 0 Å². The molecule has 0 radical (unpaired) electrons. The van der Waals surface area contributed by atoms with Crippen LogP contribution < -0.4 is 5.32 Å². The molecule has 3 saturated heterocycles. The Morgan fingerprint density at radius 1 is 1.00 bits per heavy atom. The second-order valence-corrected chi connectivity index (χ2v) is 20.9. The number of amides is 1. The van der Waals surface area contributed by atoms with E-state index in [0.29, 0.717) is 13.0 Å². The van der Waals surface area contributed by atoms with E-state index in [9.17, 15) is 29.4 Å². The van der Waals surface area contributed by atoms with Crippen molar-refractivity contribution in [3.05, 3.63) is 77.0 Å². The average molecular weight is 928 g/mol. The van der Waals surface area contributed by atoms with Crippen LogP contribution in [0.4, 0.5) is 4.79 Å². The number of carbonyl (C=O) groups is 4. The van der Waals surface area contributed by atoms with Gasteiger partial charge in [0.1, 0.15) is 29.7 Å². The van der Waals surface area contributed by atoms with E-state index < -0.39 is 95.5 Å². The fraction of sp³-hybridized carbons (Fsp3) is 0.604. The Hall–Kier alpha value is -4.73. The van der Waals surface area contributed by atoms with E-state index in [1.54, 1.807) is 47.7 Å². The normalized spacial score (nSPS) is 33.6. The topological polar surface area (TPSA) is 183 Å². The predicted molar refractivity (Wildman–Crippen MR) is 255 cm³/mol. The Morgan fingerprint density at radius 3 is 2.39 bits per heavy atom. The lowest BCUT2D eigenvalue weighted by Crippen LogP contribution is -2.60. The number of aromatic nitrogens is 1. The zero-order chi connectivity index (χ0) is 49.3. The first kappa shape index (κ1) is 51.7. The number of phenolic OH excluding ortho intramolecular Hbond substituents is 1. The summed E-state index contributed by atoms with van der Waals surface area (Å²) < 4.78 is 32.0. The van der Waals surface area contributed by atoms with Crippen molar-refractivity contribution in [2.45, 2.75) is 168 Å². The minimum Gasteiger partial charge on any atom is -0.507 e. The third-order valence-electron chi connectivity index (χ3n) is 14.4. The predicted octanol–water partition coefficient (Wildman–Crippen LogP) is 7.99. The maximum atomic E-state index is 14.8. The van der Waals surface area contributed by atoms with Crippen LogP contribution in [-0.2, 0) is 50.0 Å². The van der Waals surface area contributed by atoms with E-state index in [1.165, 1.54) is 6.92 Å². The first-order valence-electron chi connectivity index (χ1n) is 23.8. The van der Waals surface area contributed by atoms with E-state index in [1.807, 2.05) is 80.4 Å². The highest BCUT2D eigenvalue weighted by Gasteiger charge is 2.57. The number of hydrogen-bond donors (Lipinski definition) is 3. The zero-order valence-corrected chi connectivity index (χ0v) is 41.6. The summed E-state index contributed by atoms with van der Waals surface area (Å²) in [4.78, 5) is 62.9. The number of esters is 1. The van der Waals surface area contributed by atoms with Crippen LogP contribution in [0.2, 0.25) is 0 Å². The Morgan fingerprint density at radius 2 is 1.70 bits per heavy atom. The van der Waals surface area contributed by atoms with Crippen molar-refractivity contribution in [3.8, 4) is 5.75 Å². The number of aliphatic hydroxyl groups is 1. The number of para-hydroxylation sites is 1. The third kappa shape index (κ3) is 11.1. The number of pyridine rings is 1. The number of hydrogen-bond acceptors (Lipinski definition) is 13. The fourth-order valence-electron chi connectivity index (χ4n) is 10.6. The summed E-state index contributed by atoms with van der Waals surface area (Å²) in [6.07, 6.45) is 0.357. The van der Waals surface area contributed by atoms with Crippen LogP contribution in [0.5, 0.6) is 5.75 Å². The van der Waals surface area contributed by atoms with Crippen molar-refractivity contribution in [2.75, 3.05) is 13.7 Å². The minimum atomic E-state index is -1.43. The number of ketones is 2. The molecule has 3 aromatic rings. The van der Waals surface area contributed by atoms with Gasteiger partial charge in [0.05, 0.1) is 36.0 Å². The van der Waals surface area contributed by atoms with Gasteiger partial charge in [-0.1, -0.05) is 96.5 Å². The van der Waals surface area contributed by atoms with E-state index in [0.717, 1.165) is 33.2 Å². The summed E-state index contributed by atoms with van der Waals surface area (Å²) in [6.45, 7) is 22.2. The number of aliphatic hydroxyl groups excluding tert-OH is 1. The maximum Gasteiger partial charge on any atom is 0.408 e. The minimum absolute atomic E-state index is 0.0211. The standard InChI is InChI=1S/C53H73N3O11/c1-14-41-53(12)46(55-50(62)67-53)32(5)42(57)30(3)26-52(11,63-21-17-18-35-25-36-19-15-16-20-39(36)54-27-35)47(33(6)43(58)34(7)48(61)65-41)66-49-45(60)40(24-31(4)64-49)56(13)28-37-22-29(2)23-38(44(37)59)51(8,9)10/h15-20,22-23,25,27,30-34,40-41,45-47,49,59-60H,14,21,24,26,28H2,1-13H3,(H,55,62)/b18-17+/t30-,31-,32+,33+,34-,40+,41-,45-,46-,47-,49?,52+,53-/m1/s1. The van der Waals surface area contributed by atoms with Crippen LogP contribution >= 0.6 is 0 Å². The molecule has 13 atom stereocenters. The van der Waals surface area contributed by atoms with Gasteiger partial charge < -0.3 is 39.2 Å². The van der Waals surface area contributed by atoms with E-state index >= 15 is 0 Å². The molecule has 0 bridgehead atoms. The van der Waals surface area contributed by atoms with Gasteiger partial charge in [-0.3, -0.25) is 24.3 Å². The molecule has 3 aliphatic heterocycles. The summed E-state index contributed by atoms with van der Waals surface area (Å²) in [5.74, 6) is -5.20. The highest BCUT2D eigenvalue weighted by atomic mass is 16.7.